The van der Waals surface area contributed by atoms with Gasteiger partial charge in [-0.25, -0.2) is 13.2 Å². The highest BCUT2D eigenvalue weighted by molar-refractivity contribution is 7.92. The maximum absolute atomic E-state index is 12.2. The van der Waals surface area contributed by atoms with E-state index in [4.69, 9.17) is 10.5 Å². The summed E-state index contributed by atoms with van der Waals surface area (Å²) in [6.45, 7) is 5.45. The standard InChI is InChI=1S/C20H27N3O4S/c1-20(2,3)27-19(24)22(4)16-10-7-14(8-11-16)15-9-12-18(17(21)13-15)23(5)28(6,25)26/h7-13H,21H2,1-6H3. The van der Waals surface area contributed by atoms with Crippen molar-refractivity contribution in [2.24, 2.45) is 0 Å². The van der Waals surface area contributed by atoms with Gasteiger partial charge in [-0.05, 0) is 56.2 Å². The zero-order valence-electron chi connectivity index (χ0n) is 17.1. The summed E-state index contributed by atoms with van der Waals surface area (Å²) in [6, 6.07) is 12.6. The van der Waals surface area contributed by atoms with Gasteiger partial charge < -0.3 is 10.5 Å². The SMILES string of the molecule is CN(C(=O)OC(C)(C)C)c1ccc(-c2ccc(N(C)S(C)(=O)=O)c(N)c2)cc1. The number of nitrogens with two attached hydrogens (primary N) is 1. The maximum Gasteiger partial charge on any atom is 0.414 e. The first-order valence-corrected chi connectivity index (χ1v) is 10.5. The molecule has 0 radical (unpaired) electrons. The highest BCUT2D eigenvalue weighted by atomic mass is 32.2. The summed E-state index contributed by atoms with van der Waals surface area (Å²) in [4.78, 5) is 13.6. The second kappa shape index (κ2) is 7.71. The molecule has 0 atom stereocenters. The highest BCUT2D eigenvalue weighted by Gasteiger charge is 2.20. The van der Waals surface area contributed by atoms with E-state index in [0.29, 0.717) is 17.1 Å². The summed E-state index contributed by atoms with van der Waals surface area (Å²) in [5.74, 6) is 0. The summed E-state index contributed by atoms with van der Waals surface area (Å²) in [5.41, 5.74) is 8.70. The topological polar surface area (TPSA) is 92.9 Å². The van der Waals surface area contributed by atoms with Crippen LogP contribution in [0.25, 0.3) is 11.1 Å². The molecule has 0 heterocycles. The largest absolute Gasteiger partial charge is 0.443 e. The van der Waals surface area contributed by atoms with Gasteiger partial charge in [0.2, 0.25) is 10.0 Å². The lowest BCUT2D eigenvalue weighted by atomic mass is 10.0. The van der Waals surface area contributed by atoms with E-state index in [2.05, 4.69) is 0 Å². The molecule has 152 valence electrons. The van der Waals surface area contributed by atoms with E-state index < -0.39 is 21.7 Å². The molecule has 0 saturated heterocycles. The average Bonchev–Trinajstić information content (AvgIpc) is 2.58. The average molecular weight is 406 g/mol. The van der Waals surface area contributed by atoms with Crippen LogP contribution in [0.4, 0.5) is 21.9 Å². The Hall–Kier alpha value is -2.74. The van der Waals surface area contributed by atoms with Crippen molar-refractivity contribution in [1.82, 2.24) is 0 Å². The van der Waals surface area contributed by atoms with Crippen molar-refractivity contribution < 1.29 is 17.9 Å². The molecule has 2 N–H and O–H groups in total. The van der Waals surface area contributed by atoms with Gasteiger partial charge in [-0.1, -0.05) is 18.2 Å². The molecule has 7 nitrogen and oxygen atoms in total. The first kappa shape index (κ1) is 21.6. The molecule has 0 saturated carbocycles. The number of anilines is 3. The van der Waals surface area contributed by atoms with Gasteiger partial charge in [0, 0.05) is 19.8 Å². The zero-order chi connectivity index (χ0) is 21.3. The molecule has 0 aromatic heterocycles. The fourth-order valence-corrected chi connectivity index (χ4v) is 3.04. The van der Waals surface area contributed by atoms with E-state index in [0.717, 1.165) is 21.7 Å². The molecule has 0 unspecified atom stereocenters. The van der Waals surface area contributed by atoms with Gasteiger partial charge >= 0.3 is 6.09 Å². The number of nitrogens with zero attached hydrogens (tertiary/aromatic N) is 2. The van der Waals surface area contributed by atoms with Crippen LogP contribution in [-0.2, 0) is 14.8 Å². The fraction of sp³-hybridized carbons (Fsp3) is 0.350. The van der Waals surface area contributed by atoms with Gasteiger partial charge in [0.15, 0.2) is 0 Å². The summed E-state index contributed by atoms with van der Waals surface area (Å²) < 4.78 is 29.9. The van der Waals surface area contributed by atoms with Crippen molar-refractivity contribution >= 4 is 33.2 Å². The number of rotatable bonds is 4. The van der Waals surface area contributed by atoms with Crippen molar-refractivity contribution in [3.05, 3.63) is 42.5 Å². The third kappa shape index (κ3) is 5.16. The Balaban J connectivity index is 2.24. The van der Waals surface area contributed by atoms with E-state index in [-0.39, 0.29) is 0 Å². The van der Waals surface area contributed by atoms with Crippen LogP contribution in [0.2, 0.25) is 0 Å². The highest BCUT2D eigenvalue weighted by Crippen LogP contribution is 2.31. The minimum Gasteiger partial charge on any atom is -0.443 e. The molecular formula is C20H27N3O4S. The first-order chi connectivity index (χ1) is 12.8. The van der Waals surface area contributed by atoms with Gasteiger partial charge in [0.05, 0.1) is 17.6 Å². The Morgan fingerprint density at radius 3 is 2.00 bits per heavy atom. The molecule has 0 aliphatic carbocycles. The lowest BCUT2D eigenvalue weighted by molar-refractivity contribution is 0.0589. The monoisotopic (exact) mass is 405 g/mol. The van der Waals surface area contributed by atoms with Crippen LogP contribution in [0.1, 0.15) is 20.8 Å². The van der Waals surface area contributed by atoms with Crippen molar-refractivity contribution in [2.45, 2.75) is 26.4 Å². The zero-order valence-corrected chi connectivity index (χ0v) is 17.9. The molecule has 2 aromatic carbocycles. The van der Waals surface area contributed by atoms with Crippen molar-refractivity contribution in [1.29, 1.82) is 0 Å². The van der Waals surface area contributed by atoms with Crippen LogP contribution in [0, 0.1) is 0 Å². The van der Waals surface area contributed by atoms with Gasteiger partial charge in [0.1, 0.15) is 5.60 Å². The number of benzene rings is 2. The number of hydrogen-bond donors (Lipinski definition) is 1. The number of amides is 1. The Kier molecular flexibility index (Phi) is 5.94. The van der Waals surface area contributed by atoms with E-state index in [1.54, 1.807) is 25.2 Å². The Morgan fingerprint density at radius 2 is 1.54 bits per heavy atom. The number of nitrogen functional groups attached to an aromatic ring is 1. The Morgan fingerprint density at radius 1 is 1.00 bits per heavy atom. The summed E-state index contributed by atoms with van der Waals surface area (Å²) in [7, 11) is -0.278. The minimum atomic E-state index is -3.39. The minimum absolute atomic E-state index is 0.361. The van der Waals surface area contributed by atoms with E-state index >= 15 is 0 Å². The first-order valence-electron chi connectivity index (χ1n) is 8.70. The van der Waals surface area contributed by atoms with Gasteiger partial charge in [-0.15, -0.1) is 0 Å². The van der Waals surface area contributed by atoms with Crippen LogP contribution in [0.15, 0.2) is 42.5 Å². The number of hydrogen-bond acceptors (Lipinski definition) is 5. The molecule has 1 amide bonds. The van der Waals surface area contributed by atoms with Crippen molar-refractivity contribution in [3.8, 4) is 11.1 Å². The molecule has 28 heavy (non-hydrogen) atoms. The number of ether oxygens (including phenoxy) is 1. The fourth-order valence-electron chi connectivity index (χ4n) is 2.51. The van der Waals surface area contributed by atoms with Gasteiger partial charge in [-0.3, -0.25) is 9.21 Å². The van der Waals surface area contributed by atoms with Crippen LogP contribution < -0.4 is 14.9 Å². The Bertz CT molecular complexity index is 964. The molecule has 2 aromatic rings. The van der Waals surface area contributed by atoms with Gasteiger partial charge in [0.25, 0.3) is 0 Å². The van der Waals surface area contributed by atoms with Crippen LogP contribution in [-0.4, -0.2) is 40.5 Å². The number of carbonyl (C=O) groups is 1. The second-order valence-corrected chi connectivity index (χ2v) is 9.60. The molecule has 0 aliphatic heterocycles. The normalized spacial score (nSPS) is 11.8. The quantitative estimate of drug-likeness (QED) is 0.783. The van der Waals surface area contributed by atoms with Crippen LogP contribution >= 0.6 is 0 Å². The third-order valence-electron chi connectivity index (χ3n) is 4.12. The molecule has 0 fully saturated rings. The summed E-state index contributed by atoms with van der Waals surface area (Å²) in [6.07, 6.45) is 0.693. The lowest BCUT2D eigenvalue weighted by Crippen LogP contribution is -2.34. The summed E-state index contributed by atoms with van der Waals surface area (Å²) >= 11 is 0. The van der Waals surface area contributed by atoms with Crippen LogP contribution in [0.3, 0.4) is 0 Å². The Labute approximate surface area is 166 Å². The van der Waals surface area contributed by atoms with Crippen LogP contribution in [0.5, 0.6) is 0 Å². The molecule has 0 aliphatic rings. The predicted octanol–water partition coefficient (Wildman–Crippen LogP) is 3.70. The second-order valence-electron chi connectivity index (χ2n) is 7.59. The summed E-state index contributed by atoms with van der Waals surface area (Å²) in [5, 5.41) is 0. The third-order valence-corrected chi connectivity index (χ3v) is 5.31. The molecule has 0 spiro atoms. The lowest BCUT2D eigenvalue weighted by Gasteiger charge is -2.24. The van der Waals surface area contributed by atoms with E-state index in [1.165, 1.54) is 11.9 Å². The van der Waals surface area contributed by atoms with E-state index in [1.807, 2.05) is 45.0 Å². The molecule has 2 rings (SSSR count). The predicted molar refractivity (Wildman–Crippen MR) is 114 cm³/mol. The van der Waals surface area contributed by atoms with Gasteiger partial charge in [-0.2, -0.15) is 0 Å². The van der Waals surface area contributed by atoms with Crippen molar-refractivity contribution in [2.75, 3.05) is 35.3 Å². The van der Waals surface area contributed by atoms with Crippen molar-refractivity contribution in [3.63, 3.8) is 0 Å². The number of carbonyl (C=O) groups excluding carboxylic acids is 1. The van der Waals surface area contributed by atoms with E-state index in [9.17, 15) is 13.2 Å². The smallest absolute Gasteiger partial charge is 0.414 e. The molecule has 8 heteroatoms. The number of sulfonamides is 1. The maximum atomic E-state index is 12.2. The molecular weight excluding hydrogens is 378 g/mol. The molecule has 0 bridgehead atoms.